The van der Waals surface area contributed by atoms with Gasteiger partial charge in [0.05, 0.1) is 0 Å². The van der Waals surface area contributed by atoms with Crippen molar-refractivity contribution in [1.82, 2.24) is 5.32 Å². The van der Waals surface area contributed by atoms with Crippen molar-refractivity contribution in [3.05, 3.63) is 0 Å². The van der Waals surface area contributed by atoms with E-state index in [4.69, 9.17) is 0 Å². The normalized spacial score (nSPS) is 30.2. The number of rotatable bonds is 5. The predicted molar refractivity (Wildman–Crippen MR) is 63.5 cm³/mol. The molecule has 0 aromatic heterocycles. The Kier molecular flexibility index (Phi) is 5.54. The second-order valence-electron chi connectivity index (χ2n) is 5.16. The van der Waals surface area contributed by atoms with Gasteiger partial charge in [-0.25, -0.2) is 0 Å². The molecule has 0 aromatic carbocycles. The van der Waals surface area contributed by atoms with E-state index >= 15 is 0 Å². The zero-order chi connectivity index (χ0) is 10.4. The van der Waals surface area contributed by atoms with Crippen LogP contribution in [0.5, 0.6) is 0 Å². The molecule has 84 valence electrons. The molecule has 1 fully saturated rings. The molecule has 14 heavy (non-hydrogen) atoms. The number of nitrogens with one attached hydrogen (secondary N) is 1. The molecule has 1 unspecified atom stereocenters. The molecule has 0 amide bonds. The van der Waals surface area contributed by atoms with Crippen LogP contribution < -0.4 is 5.32 Å². The molecule has 1 rings (SSSR count). The minimum absolute atomic E-state index is 0.722. The van der Waals surface area contributed by atoms with E-state index in [9.17, 15) is 0 Å². The second-order valence-corrected chi connectivity index (χ2v) is 5.16. The molecule has 0 aliphatic heterocycles. The largest absolute Gasteiger partial charge is 0.315 e. The van der Waals surface area contributed by atoms with E-state index < -0.39 is 0 Å². The monoisotopic (exact) mass is 197 g/mol. The highest BCUT2D eigenvalue weighted by Crippen LogP contribution is 2.31. The smallest absolute Gasteiger partial charge is 0.00387 e. The minimum Gasteiger partial charge on any atom is -0.315 e. The zero-order valence-corrected chi connectivity index (χ0v) is 10.2. The molecule has 1 nitrogen and oxygen atoms in total. The third-order valence-electron chi connectivity index (χ3n) is 3.70. The molecular formula is C13H27N. The van der Waals surface area contributed by atoms with Crippen molar-refractivity contribution < 1.29 is 0 Å². The Labute approximate surface area is 89.7 Å². The van der Waals surface area contributed by atoms with Gasteiger partial charge in [-0.3, -0.25) is 0 Å². The lowest BCUT2D eigenvalue weighted by atomic mass is 9.80. The fourth-order valence-corrected chi connectivity index (χ4v) is 2.55. The predicted octanol–water partition coefficient (Wildman–Crippen LogP) is 3.59. The highest BCUT2D eigenvalue weighted by atomic mass is 14.9. The number of hydrogen-bond acceptors (Lipinski definition) is 1. The van der Waals surface area contributed by atoms with Crippen molar-refractivity contribution in [1.29, 1.82) is 0 Å². The molecule has 0 bridgehead atoms. The molecule has 0 saturated heterocycles. The van der Waals surface area contributed by atoms with Crippen LogP contribution >= 0.6 is 0 Å². The van der Waals surface area contributed by atoms with Crippen molar-refractivity contribution in [2.24, 2.45) is 11.8 Å². The van der Waals surface area contributed by atoms with Gasteiger partial charge in [-0.05, 0) is 38.1 Å². The van der Waals surface area contributed by atoms with Gasteiger partial charge >= 0.3 is 0 Å². The first-order valence-corrected chi connectivity index (χ1v) is 6.45. The fourth-order valence-electron chi connectivity index (χ4n) is 2.55. The summed E-state index contributed by atoms with van der Waals surface area (Å²) in [5.41, 5.74) is 0. The van der Waals surface area contributed by atoms with Gasteiger partial charge in [0.25, 0.3) is 0 Å². The highest BCUT2D eigenvalue weighted by Gasteiger charge is 2.18. The Morgan fingerprint density at radius 2 is 1.86 bits per heavy atom. The topological polar surface area (TPSA) is 12.0 Å². The SMILES string of the molecule is CCNC(C)CCC1CCC(C)CC1. The average molecular weight is 197 g/mol. The van der Waals surface area contributed by atoms with Crippen molar-refractivity contribution >= 4 is 0 Å². The van der Waals surface area contributed by atoms with Gasteiger partial charge < -0.3 is 5.32 Å². The third-order valence-corrected chi connectivity index (χ3v) is 3.70. The quantitative estimate of drug-likeness (QED) is 0.710. The number of hydrogen-bond donors (Lipinski definition) is 1. The molecule has 1 heteroatoms. The molecule has 1 aliphatic carbocycles. The summed E-state index contributed by atoms with van der Waals surface area (Å²) in [5.74, 6) is 2.03. The van der Waals surface area contributed by atoms with Gasteiger partial charge in [0.2, 0.25) is 0 Å². The Morgan fingerprint density at radius 3 is 2.43 bits per heavy atom. The Balaban J connectivity index is 2.06. The van der Waals surface area contributed by atoms with E-state index in [0.29, 0.717) is 0 Å². The minimum atomic E-state index is 0.722. The van der Waals surface area contributed by atoms with Gasteiger partial charge in [-0.15, -0.1) is 0 Å². The standard InChI is InChI=1S/C13H27N/c1-4-14-12(3)7-10-13-8-5-11(2)6-9-13/h11-14H,4-10H2,1-3H3. The van der Waals surface area contributed by atoms with Gasteiger partial charge in [-0.2, -0.15) is 0 Å². The molecule has 0 radical (unpaired) electrons. The maximum Gasteiger partial charge on any atom is 0.00387 e. The summed E-state index contributed by atoms with van der Waals surface area (Å²) >= 11 is 0. The van der Waals surface area contributed by atoms with Crippen LogP contribution in [0.2, 0.25) is 0 Å². The molecule has 0 spiro atoms. The summed E-state index contributed by atoms with van der Waals surface area (Å²) in [7, 11) is 0. The molecule has 1 atom stereocenters. The molecule has 1 N–H and O–H groups in total. The molecule has 0 aromatic rings. The van der Waals surface area contributed by atoms with Crippen molar-refractivity contribution in [2.45, 2.75) is 65.3 Å². The Bertz CT molecular complexity index is 136. The van der Waals surface area contributed by atoms with E-state index in [1.54, 1.807) is 0 Å². The van der Waals surface area contributed by atoms with Gasteiger partial charge in [0.1, 0.15) is 0 Å². The summed E-state index contributed by atoms with van der Waals surface area (Å²) in [6.07, 6.45) is 8.73. The molecule has 1 saturated carbocycles. The summed E-state index contributed by atoms with van der Waals surface area (Å²) < 4.78 is 0. The van der Waals surface area contributed by atoms with E-state index in [1.807, 2.05) is 0 Å². The zero-order valence-electron chi connectivity index (χ0n) is 10.2. The van der Waals surface area contributed by atoms with Crippen LogP contribution in [0, 0.1) is 11.8 Å². The highest BCUT2D eigenvalue weighted by molar-refractivity contribution is 4.72. The summed E-state index contributed by atoms with van der Waals surface area (Å²) in [5, 5.41) is 3.49. The van der Waals surface area contributed by atoms with Crippen LogP contribution in [0.1, 0.15) is 59.3 Å². The third kappa shape index (κ3) is 4.45. The Morgan fingerprint density at radius 1 is 1.21 bits per heavy atom. The first kappa shape index (κ1) is 12.0. The molecule has 0 heterocycles. The first-order chi connectivity index (χ1) is 6.72. The van der Waals surface area contributed by atoms with Crippen LogP contribution in [0.4, 0.5) is 0 Å². The van der Waals surface area contributed by atoms with Crippen LogP contribution in [0.3, 0.4) is 0 Å². The summed E-state index contributed by atoms with van der Waals surface area (Å²) in [6, 6.07) is 0.722. The maximum absolute atomic E-state index is 3.49. The van der Waals surface area contributed by atoms with E-state index in [-0.39, 0.29) is 0 Å². The molecular weight excluding hydrogens is 170 g/mol. The summed E-state index contributed by atoms with van der Waals surface area (Å²) in [4.78, 5) is 0. The lowest BCUT2D eigenvalue weighted by molar-refractivity contribution is 0.266. The van der Waals surface area contributed by atoms with E-state index in [2.05, 4.69) is 26.1 Å². The van der Waals surface area contributed by atoms with Crippen molar-refractivity contribution in [3.63, 3.8) is 0 Å². The van der Waals surface area contributed by atoms with Gasteiger partial charge in [0.15, 0.2) is 0 Å². The van der Waals surface area contributed by atoms with E-state index in [0.717, 1.165) is 24.4 Å². The summed E-state index contributed by atoms with van der Waals surface area (Å²) in [6.45, 7) is 8.02. The van der Waals surface area contributed by atoms with Crippen LogP contribution in [0.15, 0.2) is 0 Å². The maximum atomic E-state index is 3.49. The lowest BCUT2D eigenvalue weighted by Crippen LogP contribution is -2.26. The average Bonchev–Trinajstić information content (AvgIpc) is 2.17. The van der Waals surface area contributed by atoms with Gasteiger partial charge in [-0.1, -0.05) is 39.5 Å². The van der Waals surface area contributed by atoms with E-state index in [1.165, 1.54) is 38.5 Å². The van der Waals surface area contributed by atoms with Crippen molar-refractivity contribution in [2.75, 3.05) is 6.54 Å². The fraction of sp³-hybridized carbons (Fsp3) is 1.00. The van der Waals surface area contributed by atoms with Crippen LogP contribution in [-0.4, -0.2) is 12.6 Å². The van der Waals surface area contributed by atoms with Crippen molar-refractivity contribution in [3.8, 4) is 0 Å². The van der Waals surface area contributed by atoms with Crippen LogP contribution in [-0.2, 0) is 0 Å². The van der Waals surface area contributed by atoms with Gasteiger partial charge in [0, 0.05) is 6.04 Å². The second kappa shape index (κ2) is 6.44. The Hall–Kier alpha value is -0.0400. The lowest BCUT2D eigenvalue weighted by Gasteiger charge is -2.27. The first-order valence-electron chi connectivity index (χ1n) is 6.45. The molecule has 1 aliphatic rings. The van der Waals surface area contributed by atoms with Crippen LogP contribution in [0.25, 0.3) is 0 Å².